The monoisotopic (exact) mass is 505 g/mol. The first-order valence-corrected chi connectivity index (χ1v) is 11.9. The predicted octanol–water partition coefficient (Wildman–Crippen LogP) is 4.73. The second kappa shape index (κ2) is 12.3. The molecule has 1 fully saturated rings. The normalized spacial score (nSPS) is 14.4. The molecule has 1 aromatic heterocycles. The van der Waals surface area contributed by atoms with Crippen LogP contribution in [0.1, 0.15) is 12.8 Å². The molecule has 35 heavy (non-hydrogen) atoms. The van der Waals surface area contributed by atoms with Gasteiger partial charge >= 0.3 is 0 Å². The number of benzene rings is 2. The molecular weight excluding hydrogens is 477 g/mol. The summed E-state index contributed by atoms with van der Waals surface area (Å²) in [6, 6.07) is 7.52. The van der Waals surface area contributed by atoms with Crippen molar-refractivity contribution >= 4 is 22.5 Å². The Balaban J connectivity index is 1.59. The van der Waals surface area contributed by atoms with Crippen LogP contribution in [-0.4, -0.2) is 74.6 Å². The third-order valence-corrected chi connectivity index (χ3v) is 5.68. The van der Waals surface area contributed by atoms with E-state index in [9.17, 15) is 4.39 Å². The van der Waals surface area contributed by atoms with Crippen LogP contribution in [0.3, 0.4) is 0 Å². The Morgan fingerprint density at radius 1 is 1.06 bits per heavy atom. The summed E-state index contributed by atoms with van der Waals surface area (Å²) >= 11 is 6.17. The maximum absolute atomic E-state index is 13.5. The summed E-state index contributed by atoms with van der Waals surface area (Å²) in [5.41, 5.74) is 0.585. The van der Waals surface area contributed by atoms with Crippen molar-refractivity contribution in [1.29, 1.82) is 0 Å². The van der Waals surface area contributed by atoms with E-state index >= 15 is 0 Å². The van der Waals surface area contributed by atoms with Gasteiger partial charge in [0, 0.05) is 31.5 Å². The van der Waals surface area contributed by atoms with Crippen molar-refractivity contribution in [3.05, 3.63) is 47.5 Å². The number of fused-ring (bicyclic) bond motifs is 1. The van der Waals surface area contributed by atoms with Crippen molar-refractivity contribution in [2.45, 2.75) is 18.9 Å². The van der Waals surface area contributed by atoms with Crippen LogP contribution in [0.4, 0.5) is 4.39 Å². The van der Waals surface area contributed by atoms with Crippen molar-refractivity contribution in [3.8, 4) is 23.1 Å². The highest BCUT2D eigenvalue weighted by Crippen LogP contribution is 2.39. The molecular formula is C25H29ClFN3O5. The summed E-state index contributed by atoms with van der Waals surface area (Å²) in [5.74, 6) is 1.21. The molecule has 1 saturated heterocycles. The molecule has 0 bridgehead atoms. The number of rotatable bonds is 11. The second-order valence-electron chi connectivity index (χ2n) is 8.36. The van der Waals surface area contributed by atoms with Gasteiger partial charge in [-0.3, -0.25) is 0 Å². The zero-order chi connectivity index (χ0) is 24.6. The van der Waals surface area contributed by atoms with Gasteiger partial charge in [-0.1, -0.05) is 11.6 Å². The third kappa shape index (κ3) is 7.14. The van der Waals surface area contributed by atoms with Crippen LogP contribution < -0.4 is 14.2 Å². The van der Waals surface area contributed by atoms with Crippen LogP contribution in [0.2, 0.25) is 5.02 Å². The van der Waals surface area contributed by atoms with Gasteiger partial charge in [-0.25, -0.2) is 14.4 Å². The number of nitrogens with zero attached hydrogens (tertiary/aromatic N) is 3. The van der Waals surface area contributed by atoms with Gasteiger partial charge in [-0.2, -0.15) is 0 Å². The minimum Gasteiger partial charge on any atom is -0.491 e. The Hall–Kier alpha value is -2.72. The number of hydrogen-bond acceptors (Lipinski definition) is 8. The second-order valence-corrected chi connectivity index (χ2v) is 8.77. The average Bonchev–Trinajstić information content (AvgIpc) is 2.83. The standard InChI is InChI=1S/C25H29ClFN3O5/c1-30(2)7-10-32-11-12-33-19-14-21-24(23(15-19)34-18-5-8-31-9-6-18)25(29-16-28-21)35-22-4-3-17(27)13-20(22)26/h3-4,13-16,18H,5-12H2,1-2H3. The first-order valence-electron chi connectivity index (χ1n) is 11.5. The lowest BCUT2D eigenvalue weighted by molar-refractivity contribution is 0.0260. The van der Waals surface area contributed by atoms with Crippen molar-refractivity contribution in [2.75, 3.05) is 53.7 Å². The molecule has 1 aliphatic heterocycles. The third-order valence-electron chi connectivity index (χ3n) is 5.38. The number of hydrogen-bond donors (Lipinski definition) is 0. The van der Waals surface area contributed by atoms with Gasteiger partial charge in [0.25, 0.3) is 0 Å². The highest BCUT2D eigenvalue weighted by Gasteiger charge is 2.21. The molecule has 4 rings (SSSR count). The van der Waals surface area contributed by atoms with Crippen LogP contribution in [0.25, 0.3) is 10.9 Å². The molecule has 0 atom stereocenters. The molecule has 0 N–H and O–H groups in total. The largest absolute Gasteiger partial charge is 0.491 e. The Bertz CT molecular complexity index is 1130. The average molecular weight is 506 g/mol. The predicted molar refractivity (Wildman–Crippen MR) is 130 cm³/mol. The number of ether oxygens (including phenoxy) is 5. The number of halogens is 2. The Morgan fingerprint density at radius 3 is 2.66 bits per heavy atom. The van der Waals surface area contributed by atoms with Gasteiger partial charge < -0.3 is 28.6 Å². The molecule has 0 saturated carbocycles. The van der Waals surface area contributed by atoms with Crippen LogP contribution in [0, 0.1) is 5.82 Å². The summed E-state index contributed by atoms with van der Waals surface area (Å²) in [5, 5.41) is 0.715. The Labute approximate surface area is 208 Å². The van der Waals surface area contributed by atoms with Crippen LogP contribution >= 0.6 is 11.6 Å². The highest BCUT2D eigenvalue weighted by atomic mass is 35.5. The summed E-state index contributed by atoms with van der Waals surface area (Å²) in [4.78, 5) is 10.8. The molecule has 0 amide bonds. The summed E-state index contributed by atoms with van der Waals surface area (Å²) < 4.78 is 42.8. The van der Waals surface area contributed by atoms with Crippen LogP contribution in [-0.2, 0) is 9.47 Å². The molecule has 0 aliphatic carbocycles. The van der Waals surface area contributed by atoms with Crippen molar-refractivity contribution in [3.63, 3.8) is 0 Å². The van der Waals surface area contributed by atoms with Gasteiger partial charge in [-0.15, -0.1) is 0 Å². The zero-order valence-corrected chi connectivity index (χ0v) is 20.6. The van der Waals surface area contributed by atoms with E-state index in [0.717, 1.165) is 19.4 Å². The molecule has 10 heteroatoms. The lowest BCUT2D eigenvalue weighted by atomic mass is 10.1. The summed E-state index contributed by atoms with van der Waals surface area (Å²) in [6.45, 7) is 3.59. The maximum atomic E-state index is 13.5. The van der Waals surface area contributed by atoms with E-state index in [0.29, 0.717) is 55.4 Å². The first-order chi connectivity index (χ1) is 17.0. The number of likely N-dealkylation sites (N-methyl/N-ethyl adjacent to an activating group) is 1. The summed E-state index contributed by atoms with van der Waals surface area (Å²) in [7, 11) is 4.00. The lowest BCUT2D eigenvalue weighted by Gasteiger charge is -2.24. The molecule has 2 heterocycles. The lowest BCUT2D eigenvalue weighted by Crippen LogP contribution is -2.26. The molecule has 188 valence electrons. The smallest absolute Gasteiger partial charge is 0.234 e. The zero-order valence-electron chi connectivity index (χ0n) is 19.8. The van der Waals surface area contributed by atoms with E-state index in [1.807, 2.05) is 14.1 Å². The number of aromatic nitrogens is 2. The molecule has 2 aromatic carbocycles. The van der Waals surface area contributed by atoms with E-state index in [1.54, 1.807) is 12.1 Å². The van der Waals surface area contributed by atoms with E-state index in [4.69, 9.17) is 35.3 Å². The van der Waals surface area contributed by atoms with E-state index in [1.165, 1.54) is 24.5 Å². The molecule has 0 spiro atoms. The van der Waals surface area contributed by atoms with Gasteiger partial charge in [0.1, 0.15) is 47.5 Å². The van der Waals surface area contributed by atoms with E-state index in [-0.39, 0.29) is 22.8 Å². The Kier molecular flexibility index (Phi) is 8.92. The minimum absolute atomic E-state index is 0.0287. The van der Waals surface area contributed by atoms with Gasteiger partial charge in [0.2, 0.25) is 5.88 Å². The van der Waals surface area contributed by atoms with E-state index in [2.05, 4.69) is 14.9 Å². The first kappa shape index (κ1) is 25.4. The fourth-order valence-corrected chi connectivity index (χ4v) is 3.76. The van der Waals surface area contributed by atoms with Crippen LogP contribution in [0.5, 0.6) is 23.1 Å². The molecule has 0 unspecified atom stereocenters. The van der Waals surface area contributed by atoms with Crippen LogP contribution in [0.15, 0.2) is 36.7 Å². The molecule has 8 nitrogen and oxygen atoms in total. The minimum atomic E-state index is -0.453. The fourth-order valence-electron chi connectivity index (χ4n) is 3.56. The van der Waals surface area contributed by atoms with E-state index < -0.39 is 5.82 Å². The fraction of sp³-hybridized carbons (Fsp3) is 0.440. The van der Waals surface area contributed by atoms with Gasteiger partial charge in [-0.05, 0) is 32.3 Å². The van der Waals surface area contributed by atoms with Gasteiger partial charge in [0.15, 0.2) is 0 Å². The van der Waals surface area contributed by atoms with Gasteiger partial charge in [0.05, 0.1) is 37.0 Å². The summed E-state index contributed by atoms with van der Waals surface area (Å²) in [6.07, 6.45) is 2.89. The van der Waals surface area contributed by atoms with Crippen molar-refractivity contribution in [2.24, 2.45) is 0 Å². The topological polar surface area (TPSA) is 75.2 Å². The maximum Gasteiger partial charge on any atom is 0.234 e. The van der Waals surface area contributed by atoms with Crippen molar-refractivity contribution < 1.29 is 28.1 Å². The Morgan fingerprint density at radius 2 is 1.89 bits per heavy atom. The van der Waals surface area contributed by atoms with Crippen molar-refractivity contribution in [1.82, 2.24) is 14.9 Å². The molecule has 0 radical (unpaired) electrons. The SMILES string of the molecule is CN(C)CCOCCOc1cc(OC2CCOCC2)c2c(Oc3ccc(F)cc3Cl)ncnc2c1. The quantitative estimate of drug-likeness (QED) is 0.346. The molecule has 3 aromatic rings. The highest BCUT2D eigenvalue weighted by molar-refractivity contribution is 6.32. The molecule has 1 aliphatic rings.